The standard InChI is InChI=1S/C14H10N2S/c17-11-5-7-16-14(8-11)12-3-1-2-10-4-6-15-9-13(10)12/h1-9H,(H,16,17). The van der Waals surface area contributed by atoms with Gasteiger partial charge in [-0.15, -0.1) is 0 Å². The van der Waals surface area contributed by atoms with E-state index < -0.39 is 0 Å². The zero-order valence-electron chi connectivity index (χ0n) is 9.05. The maximum atomic E-state index is 5.19. The lowest BCUT2D eigenvalue weighted by Crippen LogP contribution is -1.85. The van der Waals surface area contributed by atoms with Crippen LogP contribution < -0.4 is 0 Å². The lowest BCUT2D eigenvalue weighted by atomic mass is 10.0. The Kier molecular flexibility index (Phi) is 2.46. The quantitative estimate of drug-likeness (QED) is 0.650. The molecule has 1 aromatic carbocycles. The van der Waals surface area contributed by atoms with Gasteiger partial charge in [-0.3, -0.25) is 4.98 Å². The topological polar surface area (TPSA) is 28.7 Å². The van der Waals surface area contributed by atoms with Crippen LogP contribution in [0, 0.1) is 4.51 Å². The zero-order valence-corrected chi connectivity index (χ0v) is 9.87. The number of aromatic nitrogens is 2. The van der Waals surface area contributed by atoms with E-state index in [4.69, 9.17) is 12.2 Å². The first-order chi connectivity index (χ1) is 8.34. The van der Waals surface area contributed by atoms with Gasteiger partial charge in [-0.2, -0.15) is 0 Å². The number of hydrogen-bond donors (Lipinski definition) is 1. The van der Waals surface area contributed by atoms with Crippen molar-refractivity contribution in [3.05, 3.63) is 59.5 Å². The van der Waals surface area contributed by atoms with Crippen LogP contribution in [0.2, 0.25) is 0 Å². The lowest BCUT2D eigenvalue weighted by molar-refractivity contribution is 1.32. The average Bonchev–Trinajstić information content (AvgIpc) is 2.38. The second kappa shape index (κ2) is 4.11. The van der Waals surface area contributed by atoms with Gasteiger partial charge in [0.25, 0.3) is 0 Å². The summed E-state index contributed by atoms with van der Waals surface area (Å²) < 4.78 is 0.833. The average molecular weight is 238 g/mol. The van der Waals surface area contributed by atoms with Crippen molar-refractivity contribution < 1.29 is 0 Å². The molecule has 2 nitrogen and oxygen atoms in total. The number of H-pyrrole nitrogens is 1. The Hall–Kier alpha value is -2.00. The molecule has 3 rings (SSSR count). The molecular weight excluding hydrogens is 228 g/mol. The minimum Gasteiger partial charge on any atom is -0.361 e. The van der Waals surface area contributed by atoms with Gasteiger partial charge in [-0.05, 0) is 23.6 Å². The van der Waals surface area contributed by atoms with E-state index in [1.807, 2.05) is 36.7 Å². The van der Waals surface area contributed by atoms with E-state index in [2.05, 4.69) is 22.1 Å². The molecular formula is C14H10N2S. The summed E-state index contributed by atoms with van der Waals surface area (Å²) in [5, 5.41) is 2.31. The summed E-state index contributed by atoms with van der Waals surface area (Å²) >= 11 is 5.19. The third kappa shape index (κ3) is 1.85. The molecule has 0 aliphatic carbocycles. The van der Waals surface area contributed by atoms with Crippen molar-refractivity contribution in [3.8, 4) is 11.3 Å². The first kappa shape index (κ1) is 10.2. The number of aromatic amines is 1. The molecule has 2 aromatic heterocycles. The Labute approximate surface area is 104 Å². The second-order valence-corrected chi connectivity index (χ2v) is 4.31. The molecule has 17 heavy (non-hydrogen) atoms. The summed E-state index contributed by atoms with van der Waals surface area (Å²) in [7, 11) is 0. The predicted molar refractivity (Wildman–Crippen MR) is 72.4 cm³/mol. The van der Waals surface area contributed by atoms with Crippen molar-refractivity contribution in [2.24, 2.45) is 0 Å². The van der Waals surface area contributed by atoms with Crippen LogP contribution in [0.3, 0.4) is 0 Å². The molecule has 0 bridgehead atoms. The summed E-state index contributed by atoms with van der Waals surface area (Å²) in [5.41, 5.74) is 2.15. The SMILES string of the molecule is S=c1cc[nH]c(-c2cccc3ccncc23)c1. The Morgan fingerprint density at radius 3 is 2.94 bits per heavy atom. The number of hydrogen-bond acceptors (Lipinski definition) is 2. The smallest absolute Gasteiger partial charge is 0.0474 e. The first-order valence-electron chi connectivity index (χ1n) is 5.36. The van der Waals surface area contributed by atoms with Crippen LogP contribution in [0.15, 0.2) is 55.0 Å². The van der Waals surface area contributed by atoms with Gasteiger partial charge in [0.05, 0.1) is 0 Å². The Balaban J connectivity index is 2.34. The molecule has 0 radical (unpaired) electrons. The summed E-state index contributed by atoms with van der Waals surface area (Å²) in [6.07, 6.45) is 5.56. The zero-order chi connectivity index (χ0) is 11.7. The first-order valence-corrected chi connectivity index (χ1v) is 5.77. The van der Waals surface area contributed by atoms with Gasteiger partial charge in [0.15, 0.2) is 0 Å². The molecule has 0 atom stereocenters. The van der Waals surface area contributed by atoms with Crippen LogP contribution in [-0.2, 0) is 0 Å². The molecule has 0 saturated carbocycles. The molecule has 3 heteroatoms. The van der Waals surface area contributed by atoms with Gasteiger partial charge in [-0.1, -0.05) is 30.4 Å². The maximum Gasteiger partial charge on any atom is 0.0474 e. The molecule has 3 aromatic rings. The van der Waals surface area contributed by atoms with E-state index >= 15 is 0 Å². The van der Waals surface area contributed by atoms with Gasteiger partial charge >= 0.3 is 0 Å². The summed E-state index contributed by atoms with van der Waals surface area (Å²) in [5.74, 6) is 0. The van der Waals surface area contributed by atoms with Crippen molar-refractivity contribution >= 4 is 23.0 Å². The van der Waals surface area contributed by atoms with Crippen molar-refractivity contribution in [2.45, 2.75) is 0 Å². The van der Waals surface area contributed by atoms with Crippen LogP contribution in [0.4, 0.5) is 0 Å². The highest BCUT2D eigenvalue weighted by atomic mass is 32.1. The molecule has 1 N–H and O–H groups in total. The number of rotatable bonds is 1. The molecule has 0 saturated heterocycles. The van der Waals surface area contributed by atoms with Crippen molar-refractivity contribution in [2.75, 3.05) is 0 Å². The number of nitrogens with zero attached hydrogens (tertiary/aromatic N) is 1. The normalized spacial score (nSPS) is 10.6. The fraction of sp³-hybridized carbons (Fsp3) is 0. The molecule has 0 unspecified atom stereocenters. The van der Waals surface area contributed by atoms with Crippen LogP contribution in [0.1, 0.15) is 0 Å². The molecule has 0 amide bonds. The molecule has 82 valence electrons. The fourth-order valence-corrected chi connectivity index (χ4v) is 2.14. The molecule has 0 aliphatic rings. The Bertz CT molecular complexity index is 726. The van der Waals surface area contributed by atoms with Crippen LogP contribution in [0.25, 0.3) is 22.0 Å². The fourth-order valence-electron chi connectivity index (χ4n) is 1.95. The van der Waals surface area contributed by atoms with Crippen molar-refractivity contribution in [1.29, 1.82) is 0 Å². The minimum absolute atomic E-state index is 0.833. The highest BCUT2D eigenvalue weighted by Crippen LogP contribution is 2.26. The second-order valence-electron chi connectivity index (χ2n) is 3.84. The molecule has 0 aliphatic heterocycles. The predicted octanol–water partition coefficient (Wildman–Crippen LogP) is 3.96. The molecule has 0 spiro atoms. The number of pyridine rings is 2. The summed E-state index contributed by atoms with van der Waals surface area (Å²) in [6, 6.07) is 12.1. The van der Waals surface area contributed by atoms with E-state index in [1.54, 1.807) is 6.20 Å². The summed E-state index contributed by atoms with van der Waals surface area (Å²) in [4.78, 5) is 7.40. The number of nitrogens with one attached hydrogen (secondary N) is 1. The monoisotopic (exact) mass is 238 g/mol. The minimum atomic E-state index is 0.833. The van der Waals surface area contributed by atoms with E-state index in [9.17, 15) is 0 Å². The third-order valence-electron chi connectivity index (χ3n) is 2.75. The van der Waals surface area contributed by atoms with Crippen LogP contribution in [-0.4, -0.2) is 9.97 Å². The summed E-state index contributed by atoms with van der Waals surface area (Å²) in [6.45, 7) is 0. The maximum absolute atomic E-state index is 5.19. The highest BCUT2D eigenvalue weighted by molar-refractivity contribution is 7.71. The van der Waals surface area contributed by atoms with Gasteiger partial charge in [0, 0.05) is 39.7 Å². The Morgan fingerprint density at radius 2 is 2.06 bits per heavy atom. The largest absolute Gasteiger partial charge is 0.361 e. The van der Waals surface area contributed by atoms with Crippen LogP contribution >= 0.6 is 12.2 Å². The third-order valence-corrected chi connectivity index (χ3v) is 3.00. The van der Waals surface area contributed by atoms with Crippen LogP contribution in [0.5, 0.6) is 0 Å². The van der Waals surface area contributed by atoms with Crippen molar-refractivity contribution in [1.82, 2.24) is 9.97 Å². The number of benzene rings is 1. The van der Waals surface area contributed by atoms with E-state index in [-0.39, 0.29) is 0 Å². The van der Waals surface area contributed by atoms with Gasteiger partial charge in [0.1, 0.15) is 0 Å². The van der Waals surface area contributed by atoms with Crippen molar-refractivity contribution in [3.63, 3.8) is 0 Å². The van der Waals surface area contributed by atoms with Gasteiger partial charge in [-0.25, -0.2) is 0 Å². The van der Waals surface area contributed by atoms with Gasteiger partial charge in [0.2, 0.25) is 0 Å². The molecule has 0 fully saturated rings. The molecule has 2 heterocycles. The van der Waals surface area contributed by atoms with E-state index in [0.29, 0.717) is 0 Å². The number of fused-ring (bicyclic) bond motifs is 1. The van der Waals surface area contributed by atoms with E-state index in [1.165, 1.54) is 5.39 Å². The Morgan fingerprint density at radius 1 is 1.12 bits per heavy atom. The van der Waals surface area contributed by atoms with E-state index in [0.717, 1.165) is 21.2 Å². The van der Waals surface area contributed by atoms with Gasteiger partial charge < -0.3 is 4.98 Å². The lowest BCUT2D eigenvalue weighted by Gasteiger charge is -2.05. The highest BCUT2D eigenvalue weighted by Gasteiger charge is 2.03.